The van der Waals surface area contributed by atoms with E-state index < -0.39 is 4.92 Å². The molecule has 0 heterocycles. The van der Waals surface area contributed by atoms with Gasteiger partial charge in [-0.1, -0.05) is 35.9 Å². The molecule has 0 bridgehead atoms. The highest BCUT2D eigenvalue weighted by atomic mass is 35.5. The third-order valence-corrected chi connectivity index (χ3v) is 3.21. The molecule has 0 radical (unpaired) electrons. The van der Waals surface area contributed by atoms with E-state index in [0.717, 1.165) is 11.1 Å². The van der Waals surface area contributed by atoms with E-state index in [0.29, 0.717) is 23.9 Å². The van der Waals surface area contributed by atoms with E-state index in [1.165, 1.54) is 12.1 Å². The van der Waals surface area contributed by atoms with E-state index >= 15 is 0 Å². The largest absolute Gasteiger partial charge is 0.380 e. The van der Waals surface area contributed by atoms with Gasteiger partial charge in [-0.3, -0.25) is 10.1 Å². The zero-order chi connectivity index (χ0) is 15.2. The second-order valence-corrected chi connectivity index (χ2v) is 4.96. The van der Waals surface area contributed by atoms with Crippen LogP contribution >= 0.6 is 11.6 Å². The molecular weight excluding hydrogens is 292 g/mol. The minimum absolute atomic E-state index is 0.00963. The van der Waals surface area contributed by atoms with Crippen LogP contribution in [0.3, 0.4) is 0 Å². The van der Waals surface area contributed by atoms with Crippen molar-refractivity contribution in [2.75, 3.05) is 12.4 Å². The van der Waals surface area contributed by atoms with Crippen LogP contribution in [0.15, 0.2) is 42.5 Å². The average molecular weight is 307 g/mol. The third kappa shape index (κ3) is 4.18. The third-order valence-electron chi connectivity index (χ3n) is 2.97. The first-order valence-corrected chi connectivity index (χ1v) is 6.72. The predicted octanol–water partition coefficient (Wildman–Crippen LogP) is 4.01. The zero-order valence-corrected chi connectivity index (χ0v) is 12.3. The molecule has 110 valence electrons. The molecule has 2 aromatic carbocycles. The molecule has 21 heavy (non-hydrogen) atoms. The van der Waals surface area contributed by atoms with Gasteiger partial charge >= 0.3 is 0 Å². The number of rotatable bonds is 6. The molecule has 0 unspecified atom stereocenters. The summed E-state index contributed by atoms with van der Waals surface area (Å²) in [6.45, 7) is 1.04. The van der Waals surface area contributed by atoms with Crippen molar-refractivity contribution in [1.29, 1.82) is 0 Å². The smallest absolute Gasteiger partial charge is 0.292 e. The van der Waals surface area contributed by atoms with Crippen molar-refractivity contribution < 1.29 is 9.66 Å². The summed E-state index contributed by atoms with van der Waals surface area (Å²) in [5.74, 6) is 0. The zero-order valence-electron chi connectivity index (χ0n) is 11.5. The molecule has 6 heteroatoms. The molecule has 0 saturated heterocycles. The fraction of sp³-hybridized carbons (Fsp3) is 0.200. The fourth-order valence-electron chi connectivity index (χ4n) is 1.93. The lowest BCUT2D eigenvalue weighted by Gasteiger charge is -2.08. The van der Waals surface area contributed by atoms with Crippen molar-refractivity contribution in [3.05, 3.63) is 68.7 Å². The quantitative estimate of drug-likeness (QED) is 0.647. The maximum atomic E-state index is 11.0. The van der Waals surface area contributed by atoms with Crippen LogP contribution in [-0.2, 0) is 17.9 Å². The number of ether oxygens (including phenoxy) is 1. The number of nitro benzene ring substituents is 1. The lowest BCUT2D eigenvalue weighted by Crippen LogP contribution is -2.02. The van der Waals surface area contributed by atoms with E-state index in [2.05, 4.69) is 5.32 Å². The molecule has 0 fully saturated rings. The summed E-state index contributed by atoms with van der Waals surface area (Å²) >= 11 is 5.88. The Bertz CT molecular complexity index is 629. The number of halogens is 1. The first-order valence-electron chi connectivity index (χ1n) is 6.34. The molecule has 2 aromatic rings. The minimum atomic E-state index is -0.430. The number of nitro groups is 1. The molecule has 5 nitrogen and oxygen atoms in total. The number of hydrogen-bond acceptors (Lipinski definition) is 4. The molecular formula is C15H15ClN2O3. The minimum Gasteiger partial charge on any atom is -0.380 e. The standard InChI is InChI=1S/C15H15ClN2O3/c1-21-10-12-4-2-11(3-5-12)9-17-14-8-13(16)6-7-15(14)18(19)20/h2-8,17H,9-10H2,1H3. The van der Waals surface area contributed by atoms with Crippen molar-refractivity contribution in [2.45, 2.75) is 13.2 Å². The van der Waals surface area contributed by atoms with Gasteiger partial charge < -0.3 is 10.1 Å². The number of benzene rings is 2. The summed E-state index contributed by atoms with van der Waals surface area (Å²) in [6, 6.07) is 12.3. The van der Waals surface area contributed by atoms with Gasteiger partial charge in [0, 0.05) is 24.7 Å². The van der Waals surface area contributed by atoms with Gasteiger partial charge in [0.1, 0.15) is 5.69 Å². The molecule has 0 aliphatic rings. The molecule has 0 saturated carbocycles. The normalized spacial score (nSPS) is 10.4. The van der Waals surface area contributed by atoms with Gasteiger partial charge in [0.25, 0.3) is 5.69 Å². The summed E-state index contributed by atoms with van der Waals surface area (Å²) in [6.07, 6.45) is 0. The van der Waals surface area contributed by atoms with Gasteiger partial charge in [-0.25, -0.2) is 0 Å². The average Bonchev–Trinajstić information content (AvgIpc) is 2.46. The summed E-state index contributed by atoms with van der Waals surface area (Å²) in [7, 11) is 1.65. The summed E-state index contributed by atoms with van der Waals surface area (Å²) in [5.41, 5.74) is 2.52. The monoisotopic (exact) mass is 306 g/mol. The van der Waals surface area contributed by atoms with Crippen LogP contribution in [0.2, 0.25) is 5.02 Å². The van der Waals surface area contributed by atoms with Gasteiger partial charge in [0.15, 0.2) is 0 Å². The van der Waals surface area contributed by atoms with E-state index in [4.69, 9.17) is 16.3 Å². The second kappa shape index (κ2) is 7.06. The van der Waals surface area contributed by atoms with Gasteiger partial charge in [0.2, 0.25) is 0 Å². The number of nitrogens with one attached hydrogen (secondary N) is 1. The molecule has 0 spiro atoms. The summed E-state index contributed by atoms with van der Waals surface area (Å²) < 4.78 is 5.05. The van der Waals surface area contributed by atoms with Crippen LogP contribution in [0.4, 0.5) is 11.4 Å². The van der Waals surface area contributed by atoms with Crippen LogP contribution in [-0.4, -0.2) is 12.0 Å². The Morgan fingerprint density at radius 1 is 1.19 bits per heavy atom. The molecule has 0 atom stereocenters. The van der Waals surface area contributed by atoms with Crippen LogP contribution < -0.4 is 5.32 Å². The maximum absolute atomic E-state index is 11.0. The van der Waals surface area contributed by atoms with Gasteiger partial charge in [-0.15, -0.1) is 0 Å². The van der Waals surface area contributed by atoms with E-state index in [1.807, 2.05) is 24.3 Å². The molecule has 0 aliphatic carbocycles. The summed E-state index contributed by atoms with van der Waals surface area (Å²) in [4.78, 5) is 10.5. The Morgan fingerprint density at radius 3 is 2.48 bits per heavy atom. The number of methoxy groups -OCH3 is 1. The number of nitrogens with zero attached hydrogens (tertiary/aromatic N) is 1. The molecule has 0 amide bonds. The highest BCUT2D eigenvalue weighted by Crippen LogP contribution is 2.28. The fourth-order valence-corrected chi connectivity index (χ4v) is 2.10. The highest BCUT2D eigenvalue weighted by Gasteiger charge is 2.13. The molecule has 0 aromatic heterocycles. The van der Waals surface area contributed by atoms with Crippen molar-refractivity contribution in [2.24, 2.45) is 0 Å². The molecule has 0 aliphatic heterocycles. The highest BCUT2D eigenvalue weighted by molar-refractivity contribution is 6.31. The van der Waals surface area contributed by atoms with Crippen molar-refractivity contribution in [1.82, 2.24) is 0 Å². The van der Waals surface area contributed by atoms with Crippen LogP contribution in [0.5, 0.6) is 0 Å². The van der Waals surface area contributed by atoms with Gasteiger partial charge in [-0.05, 0) is 23.3 Å². The topological polar surface area (TPSA) is 64.4 Å². The van der Waals surface area contributed by atoms with Gasteiger partial charge in [-0.2, -0.15) is 0 Å². The second-order valence-electron chi connectivity index (χ2n) is 4.52. The van der Waals surface area contributed by atoms with E-state index in [9.17, 15) is 10.1 Å². The Labute approximate surface area is 127 Å². The summed E-state index contributed by atoms with van der Waals surface area (Å²) in [5, 5.41) is 14.5. The first-order chi connectivity index (χ1) is 10.1. The first kappa shape index (κ1) is 15.3. The van der Waals surface area contributed by atoms with Gasteiger partial charge in [0.05, 0.1) is 11.5 Å². The number of anilines is 1. The number of hydrogen-bond donors (Lipinski definition) is 1. The van der Waals surface area contributed by atoms with Crippen molar-refractivity contribution >= 4 is 23.0 Å². The lowest BCUT2D eigenvalue weighted by atomic mass is 10.1. The maximum Gasteiger partial charge on any atom is 0.292 e. The Balaban J connectivity index is 2.08. The van der Waals surface area contributed by atoms with Crippen molar-refractivity contribution in [3.8, 4) is 0 Å². The van der Waals surface area contributed by atoms with Crippen LogP contribution in [0.25, 0.3) is 0 Å². The molecule has 2 rings (SSSR count). The SMILES string of the molecule is COCc1ccc(CNc2cc(Cl)ccc2[N+](=O)[O-])cc1. The van der Waals surface area contributed by atoms with E-state index in [1.54, 1.807) is 13.2 Å². The lowest BCUT2D eigenvalue weighted by molar-refractivity contribution is -0.384. The van der Waals surface area contributed by atoms with Crippen LogP contribution in [0, 0.1) is 10.1 Å². The van der Waals surface area contributed by atoms with Crippen LogP contribution in [0.1, 0.15) is 11.1 Å². The predicted molar refractivity (Wildman–Crippen MR) is 82.6 cm³/mol. The Hall–Kier alpha value is -2.11. The Kier molecular flexibility index (Phi) is 5.14. The Morgan fingerprint density at radius 2 is 1.86 bits per heavy atom. The molecule has 1 N–H and O–H groups in total. The van der Waals surface area contributed by atoms with Crippen molar-refractivity contribution in [3.63, 3.8) is 0 Å². The van der Waals surface area contributed by atoms with E-state index in [-0.39, 0.29) is 5.69 Å².